The fourth-order valence-corrected chi connectivity index (χ4v) is 3.27. The van der Waals surface area contributed by atoms with E-state index < -0.39 is 0 Å². The van der Waals surface area contributed by atoms with E-state index in [9.17, 15) is 5.11 Å². The summed E-state index contributed by atoms with van der Waals surface area (Å²) in [4.78, 5) is 8.70. The lowest BCUT2D eigenvalue weighted by molar-refractivity contribution is 0.373. The van der Waals surface area contributed by atoms with Crippen molar-refractivity contribution >= 4 is 28.5 Å². The van der Waals surface area contributed by atoms with Crippen molar-refractivity contribution in [2.24, 2.45) is 5.10 Å². The number of halogens is 1. The number of rotatable bonds is 4. The van der Waals surface area contributed by atoms with Crippen molar-refractivity contribution in [3.05, 3.63) is 70.3 Å². The van der Waals surface area contributed by atoms with Crippen LogP contribution in [0.4, 0.5) is 5.95 Å². The predicted octanol–water partition coefficient (Wildman–Crippen LogP) is 4.80. The minimum atomic E-state index is 0.0485. The van der Waals surface area contributed by atoms with Crippen LogP contribution < -0.4 is 15.5 Å². The van der Waals surface area contributed by atoms with E-state index in [0.29, 0.717) is 33.4 Å². The molecule has 4 rings (SSSR count). The van der Waals surface area contributed by atoms with Crippen LogP contribution in [0.5, 0.6) is 11.5 Å². The maximum absolute atomic E-state index is 9.88. The SMILES string of the molecule is COc1cc(-c2c/c(=N\Nc3nc(C)cc(C)n3)c3cc(Cl)ccc3o2)ccc1O. The second kappa shape index (κ2) is 8.04. The molecular weight excluding hydrogens is 404 g/mol. The Morgan fingerprint density at radius 3 is 2.53 bits per heavy atom. The first-order chi connectivity index (χ1) is 14.4. The van der Waals surface area contributed by atoms with Crippen molar-refractivity contribution in [3.63, 3.8) is 0 Å². The summed E-state index contributed by atoms with van der Waals surface area (Å²) in [5, 5.41) is 16.3. The van der Waals surface area contributed by atoms with E-state index >= 15 is 0 Å². The number of hydrogen-bond acceptors (Lipinski definition) is 7. The standard InChI is InChI=1S/C22H19ClN4O3/c1-12-8-13(2)25-22(24-12)27-26-17-11-20(14-4-6-18(28)21(9-14)29-3)30-19-7-5-15(23)10-16(17)19/h4-11,28H,1-3H3,(H,24,25,27)/b26-17+. The Morgan fingerprint density at radius 2 is 1.80 bits per heavy atom. The molecule has 2 N–H and O–H groups in total. The van der Waals surface area contributed by atoms with E-state index in [0.717, 1.165) is 22.3 Å². The van der Waals surface area contributed by atoms with Gasteiger partial charge in [-0.25, -0.2) is 15.4 Å². The summed E-state index contributed by atoms with van der Waals surface area (Å²) >= 11 is 6.19. The molecule has 2 aromatic carbocycles. The van der Waals surface area contributed by atoms with Gasteiger partial charge in [0, 0.05) is 33.4 Å². The molecule has 0 saturated carbocycles. The van der Waals surface area contributed by atoms with Crippen LogP contribution in [-0.2, 0) is 0 Å². The maximum Gasteiger partial charge on any atom is 0.243 e. The molecule has 0 radical (unpaired) electrons. The molecule has 4 aromatic rings. The van der Waals surface area contributed by atoms with Crippen molar-refractivity contribution in [2.45, 2.75) is 13.8 Å². The molecule has 2 heterocycles. The van der Waals surface area contributed by atoms with E-state index in [1.807, 2.05) is 19.9 Å². The van der Waals surface area contributed by atoms with Gasteiger partial charge in [0.15, 0.2) is 11.5 Å². The normalized spacial score (nSPS) is 11.7. The largest absolute Gasteiger partial charge is 0.504 e. The van der Waals surface area contributed by atoms with E-state index in [-0.39, 0.29) is 5.75 Å². The number of aromatic hydroxyl groups is 1. The highest BCUT2D eigenvalue weighted by molar-refractivity contribution is 6.31. The molecule has 0 atom stereocenters. The lowest BCUT2D eigenvalue weighted by Gasteiger charge is -2.08. The Bertz CT molecular complexity index is 1300. The Balaban J connectivity index is 1.87. The molecule has 0 fully saturated rings. The number of phenolic OH excluding ortho intramolecular Hbond substituents is 1. The van der Waals surface area contributed by atoms with Gasteiger partial charge in [0.05, 0.1) is 12.5 Å². The number of methoxy groups -OCH3 is 1. The molecule has 0 saturated heterocycles. The number of hydrogen-bond donors (Lipinski definition) is 2. The smallest absolute Gasteiger partial charge is 0.243 e. The number of ether oxygens (including phenoxy) is 1. The Hall–Kier alpha value is -3.58. The van der Waals surface area contributed by atoms with Crippen LogP contribution >= 0.6 is 11.6 Å². The second-order valence-corrected chi connectivity index (χ2v) is 7.16. The van der Waals surface area contributed by atoms with E-state index in [2.05, 4.69) is 20.5 Å². The number of benzene rings is 2. The summed E-state index contributed by atoms with van der Waals surface area (Å²) in [5.41, 5.74) is 5.92. The predicted molar refractivity (Wildman–Crippen MR) is 116 cm³/mol. The lowest BCUT2D eigenvalue weighted by Crippen LogP contribution is -2.09. The van der Waals surface area contributed by atoms with Crippen molar-refractivity contribution in [3.8, 4) is 22.8 Å². The number of aromatic nitrogens is 2. The summed E-state index contributed by atoms with van der Waals surface area (Å²) in [5.74, 6) is 1.34. The molecule has 0 unspecified atom stereocenters. The summed E-state index contributed by atoms with van der Waals surface area (Å²) < 4.78 is 11.3. The van der Waals surface area contributed by atoms with E-state index in [4.69, 9.17) is 20.8 Å². The van der Waals surface area contributed by atoms with Gasteiger partial charge in [0.2, 0.25) is 5.95 Å². The van der Waals surface area contributed by atoms with Gasteiger partial charge in [-0.3, -0.25) is 0 Å². The molecule has 2 aromatic heterocycles. The minimum absolute atomic E-state index is 0.0485. The summed E-state index contributed by atoms with van der Waals surface area (Å²) in [6.45, 7) is 3.79. The van der Waals surface area contributed by atoms with Gasteiger partial charge in [-0.2, -0.15) is 5.10 Å². The monoisotopic (exact) mass is 422 g/mol. The molecule has 0 aliphatic carbocycles. The second-order valence-electron chi connectivity index (χ2n) is 6.72. The Kier molecular flexibility index (Phi) is 5.29. The van der Waals surface area contributed by atoms with Gasteiger partial charge in [-0.05, 0) is 56.3 Å². The van der Waals surface area contributed by atoms with Gasteiger partial charge in [0.25, 0.3) is 0 Å². The summed E-state index contributed by atoms with van der Waals surface area (Å²) in [6, 6.07) is 14.0. The average molecular weight is 423 g/mol. The van der Waals surface area contributed by atoms with Crippen LogP contribution in [0, 0.1) is 13.8 Å². The lowest BCUT2D eigenvalue weighted by atomic mass is 10.1. The third-order valence-corrected chi connectivity index (χ3v) is 4.66. The molecule has 30 heavy (non-hydrogen) atoms. The number of fused-ring (bicyclic) bond motifs is 1. The van der Waals surface area contributed by atoms with Crippen molar-refractivity contribution in [2.75, 3.05) is 12.5 Å². The Morgan fingerprint density at radius 1 is 1.03 bits per heavy atom. The molecule has 0 amide bonds. The molecule has 7 nitrogen and oxygen atoms in total. The first kappa shape index (κ1) is 19.7. The molecule has 0 bridgehead atoms. The van der Waals surface area contributed by atoms with Crippen LogP contribution in [0.15, 0.2) is 58.0 Å². The zero-order chi connectivity index (χ0) is 21.3. The third-order valence-electron chi connectivity index (χ3n) is 4.43. The van der Waals surface area contributed by atoms with Crippen LogP contribution in [0.1, 0.15) is 11.4 Å². The fraction of sp³-hybridized carbons (Fsp3) is 0.136. The number of nitrogens with one attached hydrogen (secondary N) is 1. The van der Waals surface area contributed by atoms with E-state index in [1.54, 1.807) is 42.5 Å². The molecular formula is C22H19ClN4O3. The highest BCUT2D eigenvalue weighted by atomic mass is 35.5. The Labute approximate surface area is 177 Å². The number of phenols is 1. The summed E-state index contributed by atoms with van der Waals surface area (Å²) in [7, 11) is 1.49. The van der Waals surface area contributed by atoms with Gasteiger partial charge in [-0.1, -0.05) is 11.6 Å². The van der Waals surface area contributed by atoms with Gasteiger partial charge < -0.3 is 14.3 Å². The topological polar surface area (TPSA) is 92.8 Å². The fourth-order valence-electron chi connectivity index (χ4n) is 3.09. The minimum Gasteiger partial charge on any atom is -0.504 e. The zero-order valence-corrected chi connectivity index (χ0v) is 17.4. The van der Waals surface area contributed by atoms with Crippen molar-refractivity contribution in [1.82, 2.24) is 9.97 Å². The van der Waals surface area contributed by atoms with Crippen LogP contribution in [-0.4, -0.2) is 22.2 Å². The highest BCUT2D eigenvalue weighted by Gasteiger charge is 2.10. The van der Waals surface area contributed by atoms with Crippen LogP contribution in [0.2, 0.25) is 5.02 Å². The number of anilines is 1. The van der Waals surface area contributed by atoms with Crippen molar-refractivity contribution in [1.29, 1.82) is 0 Å². The van der Waals surface area contributed by atoms with E-state index in [1.165, 1.54) is 7.11 Å². The molecule has 0 aliphatic rings. The third kappa shape index (κ3) is 4.06. The maximum atomic E-state index is 9.88. The first-order valence-corrected chi connectivity index (χ1v) is 9.53. The van der Waals surface area contributed by atoms with Crippen LogP contribution in [0.3, 0.4) is 0 Å². The van der Waals surface area contributed by atoms with Crippen LogP contribution in [0.25, 0.3) is 22.3 Å². The number of aryl methyl sites for hydroxylation is 2. The highest BCUT2D eigenvalue weighted by Crippen LogP contribution is 2.32. The van der Waals surface area contributed by atoms with Gasteiger partial charge >= 0.3 is 0 Å². The molecule has 0 spiro atoms. The molecule has 0 aliphatic heterocycles. The quantitative estimate of drug-likeness (QED) is 0.459. The van der Waals surface area contributed by atoms with Gasteiger partial charge in [-0.15, -0.1) is 0 Å². The zero-order valence-electron chi connectivity index (χ0n) is 16.6. The first-order valence-electron chi connectivity index (χ1n) is 9.16. The van der Waals surface area contributed by atoms with Gasteiger partial charge in [0.1, 0.15) is 11.3 Å². The molecule has 8 heteroatoms. The van der Waals surface area contributed by atoms with Crippen molar-refractivity contribution < 1.29 is 14.3 Å². The summed E-state index contributed by atoms with van der Waals surface area (Å²) in [6.07, 6.45) is 0. The molecule has 152 valence electrons. The number of nitrogens with zero attached hydrogens (tertiary/aromatic N) is 3. The average Bonchev–Trinajstić information content (AvgIpc) is 2.71.